The van der Waals surface area contributed by atoms with Crippen LogP contribution in [0, 0.1) is 0 Å². The third-order valence-electron chi connectivity index (χ3n) is 3.88. The normalized spacial score (nSPS) is 16.6. The van der Waals surface area contributed by atoms with Crippen LogP contribution >= 0.6 is 0 Å². The molecule has 232 valence electrons. The maximum Gasteiger partial charge on any atom is 0.438 e. The molecular formula is C13H11F20NO3S. The van der Waals surface area contributed by atoms with E-state index in [1.807, 2.05) is 14.1 Å². The Balaban J connectivity index is 0. The van der Waals surface area contributed by atoms with Crippen LogP contribution in [0.1, 0.15) is 6.42 Å². The second kappa shape index (κ2) is 10.5. The maximum atomic E-state index is 13.4. The second-order valence-electron chi connectivity index (χ2n) is 6.85. The van der Waals surface area contributed by atoms with Crippen molar-refractivity contribution in [2.45, 2.75) is 65.5 Å². The van der Waals surface area contributed by atoms with Gasteiger partial charge in [0.25, 0.3) is 0 Å². The van der Waals surface area contributed by atoms with Crippen LogP contribution in [0.5, 0.6) is 0 Å². The lowest BCUT2D eigenvalue weighted by Crippen LogP contribution is -2.75. The van der Waals surface area contributed by atoms with Crippen LogP contribution in [0.3, 0.4) is 0 Å². The molecule has 0 aliphatic rings. The van der Waals surface area contributed by atoms with E-state index in [0.717, 1.165) is 0 Å². The van der Waals surface area contributed by atoms with Crippen molar-refractivity contribution in [3.8, 4) is 0 Å². The Morgan fingerprint density at radius 2 is 0.816 bits per heavy atom. The molecule has 25 heteroatoms. The highest BCUT2D eigenvalue weighted by Gasteiger charge is 2.96. The lowest BCUT2D eigenvalue weighted by molar-refractivity contribution is -0.452. The summed E-state index contributed by atoms with van der Waals surface area (Å²) in [7, 11) is -4.27. The van der Waals surface area contributed by atoms with Gasteiger partial charge in [-0.15, -0.1) is 0 Å². The fourth-order valence-electron chi connectivity index (χ4n) is 1.87. The zero-order valence-electron chi connectivity index (χ0n) is 17.5. The van der Waals surface area contributed by atoms with Crippen LogP contribution in [0.2, 0.25) is 0 Å². The Morgan fingerprint density at radius 1 is 0.579 bits per heavy atom. The van der Waals surface area contributed by atoms with Crippen molar-refractivity contribution in [2.24, 2.45) is 0 Å². The van der Waals surface area contributed by atoms with E-state index < -0.39 is 75.6 Å². The fraction of sp³-hybridized carbons (Fsp3) is 1.00. The third kappa shape index (κ3) is 5.82. The summed E-state index contributed by atoms with van der Waals surface area (Å²) < 4.78 is 288. The number of rotatable bonds is 10. The van der Waals surface area contributed by atoms with Gasteiger partial charge >= 0.3 is 63.0 Å². The Labute approximate surface area is 197 Å². The molecule has 0 aromatic rings. The van der Waals surface area contributed by atoms with Crippen molar-refractivity contribution in [1.29, 1.82) is 0 Å². The van der Waals surface area contributed by atoms with Crippen LogP contribution in [-0.2, 0) is 10.1 Å². The van der Waals surface area contributed by atoms with Crippen LogP contribution in [0.15, 0.2) is 0 Å². The van der Waals surface area contributed by atoms with Gasteiger partial charge in [-0.05, 0) is 14.1 Å². The van der Waals surface area contributed by atoms with Gasteiger partial charge < -0.3 is 5.32 Å². The SMILES string of the molecule is CNC.O=S(=O)(O)C(F)(F)C(F)(F)C(F)(F)C(F)(F)C(F)(F)C(F)(F)C(F)(F)C(F)(F)C(F)CC(F)(F)F. The highest BCUT2D eigenvalue weighted by Crippen LogP contribution is 2.64. The molecule has 0 radical (unpaired) electrons. The van der Waals surface area contributed by atoms with Gasteiger partial charge in [-0.2, -0.15) is 91.8 Å². The van der Waals surface area contributed by atoms with Gasteiger partial charge in [0.15, 0.2) is 6.17 Å². The molecule has 0 rings (SSSR count). The van der Waals surface area contributed by atoms with E-state index >= 15 is 0 Å². The summed E-state index contributed by atoms with van der Waals surface area (Å²) >= 11 is 0. The molecule has 2 N–H and O–H groups in total. The number of nitrogens with one attached hydrogen (secondary N) is 1. The van der Waals surface area contributed by atoms with Crippen LogP contribution in [-0.4, -0.2) is 86.1 Å². The smallest absolute Gasteiger partial charge is 0.323 e. The minimum absolute atomic E-state index is 1.88. The first-order chi connectivity index (χ1) is 16.0. The molecule has 4 nitrogen and oxygen atoms in total. The number of halogens is 20. The van der Waals surface area contributed by atoms with E-state index in [1.165, 1.54) is 0 Å². The van der Waals surface area contributed by atoms with Crippen molar-refractivity contribution in [1.82, 2.24) is 5.32 Å². The lowest BCUT2D eigenvalue weighted by atomic mass is 9.87. The molecule has 38 heavy (non-hydrogen) atoms. The molecule has 0 spiro atoms. The number of alkyl halides is 20. The minimum Gasteiger partial charge on any atom is -0.323 e. The molecule has 0 aromatic carbocycles. The summed E-state index contributed by atoms with van der Waals surface area (Å²) in [6, 6.07) is 0. The topological polar surface area (TPSA) is 66.4 Å². The van der Waals surface area contributed by atoms with Crippen molar-refractivity contribution >= 4 is 10.1 Å². The Hall–Kier alpha value is -1.53. The maximum absolute atomic E-state index is 13.4. The summed E-state index contributed by atoms with van der Waals surface area (Å²) in [5.41, 5.74) is 0. The average Bonchev–Trinajstić information content (AvgIpc) is 2.65. The molecule has 0 aromatic heterocycles. The fourth-order valence-corrected chi connectivity index (χ4v) is 2.32. The number of hydrogen-bond acceptors (Lipinski definition) is 3. The average molecular weight is 641 g/mol. The first-order valence-electron chi connectivity index (χ1n) is 8.33. The molecule has 0 saturated carbocycles. The molecule has 0 saturated heterocycles. The summed E-state index contributed by atoms with van der Waals surface area (Å²) in [5.74, 6) is -61.1. The summed E-state index contributed by atoms with van der Waals surface area (Å²) in [6.45, 7) is 0. The first-order valence-corrected chi connectivity index (χ1v) is 9.77. The van der Waals surface area contributed by atoms with Gasteiger partial charge in [-0.3, -0.25) is 4.55 Å². The standard InChI is InChI=1S/C11H4F20O3S.C2H7N/c12-2(1-3(13,14)15)4(16,17)5(18,19)6(20,21)7(22,23)8(24,25)9(26,27)10(28,29)11(30,31)35(32,33)34;1-3-2/h2H,1H2,(H,32,33,34);3H,1-2H3. The zero-order chi connectivity index (χ0) is 32.0. The van der Waals surface area contributed by atoms with E-state index in [1.54, 1.807) is 0 Å². The molecule has 0 aliphatic heterocycles. The van der Waals surface area contributed by atoms with Gasteiger partial charge in [0, 0.05) is 0 Å². The quantitative estimate of drug-likeness (QED) is 0.226. The highest BCUT2D eigenvalue weighted by atomic mass is 32.2. The molecular weight excluding hydrogens is 630 g/mol. The van der Waals surface area contributed by atoms with Crippen LogP contribution < -0.4 is 5.32 Å². The van der Waals surface area contributed by atoms with Gasteiger partial charge in [0.1, 0.15) is 0 Å². The molecule has 0 heterocycles. The molecule has 0 bridgehead atoms. The molecule has 0 aliphatic carbocycles. The summed E-state index contributed by atoms with van der Waals surface area (Å²) in [4.78, 5) is 0. The van der Waals surface area contributed by atoms with Gasteiger partial charge in [-0.1, -0.05) is 0 Å². The second-order valence-corrected chi connectivity index (χ2v) is 8.31. The van der Waals surface area contributed by atoms with Crippen molar-refractivity contribution in [3.63, 3.8) is 0 Å². The predicted molar refractivity (Wildman–Crippen MR) is 81.7 cm³/mol. The van der Waals surface area contributed by atoms with E-state index in [2.05, 4.69) is 5.32 Å². The van der Waals surface area contributed by atoms with Gasteiger partial charge in [0.05, 0.1) is 6.42 Å². The van der Waals surface area contributed by atoms with Crippen molar-refractivity contribution in [3.05, 3.63) is 0 Å². The van der Waals surface area contributed by atoms with E-state index in [0.29, 0.717) is 0 Å². The monoisotopic (exact) mass is 641 g/mol. The van der Waals surface area contributed by atoms with Crippen LogP contribution in [0.4, 0.5) is 87.8 Å². The van der Waals surface area contributed by atoms with Gasteiger partial charge in [0.2, 0.25) is 0 Å². The predicted octanol–water partition coefficient (Wildman–Crippen LogP) is 6.04. The van der Waals surface area contributed by atoms with Crippen molar-refractivity contribution in [2.75, 3.05) is 14.1 Å². The summed E-state index contributed by atoms with van der Waals surface area (Å²) in [6.07, 6.45) is -15.9. The molecule has 0 amide bonds. The number of hydrogen-bond donors (Lipinski definition) is 2. The lowest BCUT2D eigenvalue weighted by Gasteiger charge is -2.43. The first kappa shape index (κ1) is 38.6. The zero-order valence-corrected chi connectivity index (χ0v) is 18.3. The Bertz CT molecular complexity index is 912. The van der Waals surface area contributed by atoms with Crippen molar-refractivity contribution < 1.29 is 101 Å². The highest BCUT2D eigenvalue weighted by molar-refractivity contribution is 7.87. The van der Waals surface area contributed by atoms with Gasteiger partial charge in [-0.25, -0.2) is 4.39 Å². The van der Waals surface area contributed by atoms with Crippen LogP contribution in [0.25, 0.3) is 0 Å². The Kier molecular flexibility index (Phi) is 10.6. The summed E-state index contributed by atoms with van der Waals surface area (Å²) in [5, 5.41) is -5.22. The van der Waals surface area contributed by atoms with E-state index in [9.17, 15) is 96.2 Å². The Morgan fingerprint density at radius 3 is 1.05 bits per heavy atom. The van der Waals surface area contributed by atoms with E-state index in [-0.39, 0.29) is 0 Å². The van der Waals surface area contributed by atoms with E-state index in [4.69, 9.17) is 4.55 Å². The largest absolute Gasteiger partial charge is 0.438 e. The molecule has 1 atom stereocenters. The molecule has 0 fully saturated rings. The minimum atomic E-state index is -9.10. The third-order valence-corrected chi connectivity index (χ3v) is 4.79. The molecule has 1 unspecified atom stereocenters.